The highest BCUT2D eigenvalue weighted by Gasteiger charge is 2.20. The SMILES string of the molecule is Cc1ccc(F)cc1C(=O)N(CCC#N)C(C)C. The second kappa shape index (κ2) is 6.15. The van der Waals surface area contributed by atoms with Crippen molar-refractivity contribution in [3.05, 3.63) is 35.1 Å². The van der Waals surface area contributed by atoms with E-state index < -0.39 is 5.82 Å². The minimum absolute atomic E-state index is 0.0199. The van der Waals surface area contributed by atoms with E-state index in [1.807, 2.05) is 19.9 Å². The van der Waals surface area contributed by atoms with Crippen molar-refractivity contribution in [1.82, 2.24) is 4.90 Å². The number of amides is 1. The van der Waals surface area contributed by atoms with E-state index in [0.29, 0.717) is 12.1 Å². The molecular weight excluding hydrogens is 231 g/mol. The first-order valence-corrected chi connectivity index (χ1v) is 5.91. The molecule has 1 aromatic carbocycles. The lowest BCUT2D eigenvalue weighted by Crippen LogP contribution is -2.38. The maximum atomic E-state index is 13.2. The summed E-state index contributed by atoms with van der Waals surface area (Å²) in [7, 11) is 0. The summed E-state index contributed by atoms with van der Waals surface area (Å²) in [5, 5.41) is 8.60. The maximum Gasteiger partial charge on any atom is 0.254 e. The van der Waals surface area contributed by atoms with E-state index in [9.17, 15) is 9.18 Å². The van der Waals surface area contributed by atoms with Crippen LogP contribution in [0.5, 0.6) is 0 Å². The molecule has 18 heavy (non-hydrogen) atoms. The highest BCUT2D eigenvalue weighted by molar-refractivity contribution is 5.95. The number of rotatable bonds is 4. The quantitative estimate of drug-likeness (QED) is 0.822. The Balaban J connectivity index is 3.02. The molecule has 0 fully saturated rings. The smallest absolute Gasteiger partial charge is 0.254 e. The first-order valence-electron chi connectivity index (χ1n) is 5.91. The Morgan fingerprint density at radius 2 is 2.17 bits per heavy atom. The second-order valence-corrected chi connectivity index (χ2v) is 4.46. The largest absolute Gasteiger partial charge is 0.335 e. The zero-order chi connectivity index (χ0) is 13.7. The first-order chi connectivity index (χ1) is 8.47. The van der Waals surface area contributed by atoms with Gasteiger partial charge in [-0.2, -0.15) is 5.26 Å². The average molecular weight is 248 g/mol. The molecule has 1 amide bonds. The van der Waals surface area contributed by atoms with E-state index in [0.717, 1.165) is 5.56 Å². The molecule has 0 aliphatic carbocycles. The molecule has 0 radical (unpaired) electrons. The van der Waals surface area contributed by atoms with Gasteiger partial charge in [-0.15, -0.1) is 0 Å². The molecule has 4 heteroatoms. The highest BCUT2D eigenvalue weighted by Crippen LogP contribution is 2.15. The van der Waals surface area contributed by atoms with Gasteiger partial charge in [0.15, 0.2) is 0 Å². The van der Waals surface area contributed by atoms with Crippen molar-refractivity contribution in [3.63, 3.8) is 0 Å². The van der Waals surface area contributed by atoms with Crippen LogP contribution in [0.3, 0.4) is 0 Å². The number of hydrogen-bond donors (Lipinski definition) is 0. The van der Waals surface area contributed by atoms with Crippen LogP contribution in [0.2, 0.25) is 0 Å². The molecule has 0 aromatic heterocycles. The molecule has 1 aromatic rings. The minimum atomic E-state index is -0.423. The van der Waals surface area contributed by atoms with Gasteiger partial charge in [-0.05, 0) is 38.5 Å². The number of nitriles is 1. The van der Waals surface area contributed by atoms with Crippen molar-refractivity contribution in [3.8, 4) is 6.07 Å². The lowest BCUT2D eigenvalue weighted by molar-refractivity contribution is 0.0709. The fourth-order valence-electron chi connectivity index (χ4n) is 1.74. The molecule has 0 saturated heterocycles. The van der Waals surface area contributed by atoms with E-state index in [1.54, 1.807) is 17.9 Å². The van der Waals surface area contributed by atoms with Gasteiger partial charge >= 0.3 is 0 Å². The summed E-state index contributed by atoms with van der Waals surface area (Å²) in [6.45, 7) is 5.90. The van der Waals surface area contributed by atoms with Crippen LogP contribution in [-0.4, -0.2) is 23.4 Å². The Hall–Kier alpha value is -1.89. The monoisotopic (exact) mass is 248 g/mol. The summed E-state index contributed by atoms with van der Waals surface area (Å²) in [6.07, 6.45) is 0.276. The molecule has 0 atom stereocenters. The van der Waals surface area contributed by atoms with Gasteiger partial charge in [-0.25, -0.2) is 4.39 Å². The van der Waals surface area contributed by atoms with Crippen LogP contribution in [0.15, 0.2) is 18.2 Å². The standard InChI is InChI=1S/C14H17FN2O/c1-10(2)17(8-4-7-16)14(18)13-9-12(15)6-5-11(13)3/h5-6,9-10H,4,8H2,1-3H3. The first kappa shape index (κ1) is 14.2. The molecule has 0 saturated carbocycles. The van der Waals surface area contributed by atoms with E-state index >= 15 is 0 Å². The Bertz CT molecular complexity index is 477. The van der Waals surface area contributed by atoms with E-state index in [4.69, 9.17) is 5.26 Å². The molecule has 0 aliphatic rings. The van der Waals surface area contributed by atoms with Crippen LogP contribution in [-0.2, 0) is 0 Å². The molecule has 0 bridgehead atoms. The van der Waals surface area contributed by atoms with Gasteiger partial charge in [0.25, 0.3) is 5.91 Å². The molecule has 0 N–H and O–H groups in total. The third-order valence-corrected chi connectivity index (χ3v) is 2.78. The summed E-state index contributed by atoms with van der Waals surface area (Å²) in [5.74, 6) is -0.648. The van der Waals surface area contributed by atoms with Crippen LogP contribution in [0.1, 0.15) is 36.2 Å². The number of aryl methyl sites for hydroxylation is 1. The summed E-state index contributed by atoms with van der Waals surface area (Å²) in [6, 6.07) is 6.17. The summed E-state index contributed by atoms with van der Waals surface area (Å²) in [5.41, 5.74) is 1.10. The van der Waals surface area contributed by atoms with Gasteiger partial charge in [0.2, 0.25) is 0 Å². The number of carbonyl (C=O) groups is 1. The summed E-state index contributed by atoms with van der Waals surface area (Å²) in [4.78, 5) is 13.9. The number of halogens is 1. The van der Waals surface area contributed by atoms with Gasteiger partial charge in [0.05, 0.1) is 12.5 Å². The molecule has 0 heterocycles. The van der Waals surface area contributed by atoms with Crippen LogP contribution >= 0.6 is 0 Å². The van der Waals surface area contributed by atoms with Crippen molar-refractivity contribution in [1.29, 1.82) is 5.26 Å². The van der Waals surface area contributed by atoms with E-state index in [1.165, 1.54) is 12.1 Å². The minimum Gasteiger partial charge on any atom is -0.335 e. The fraction of sp³-hybridized carbons (Fsp3) is 0.429. The predicted molar refractivity (Wildman–Crippen MR) is 67.5 cm³/mol. The third-order valence-electron chi connectivity index (χ3n) is 2.78. The number of hydrogen-bond acceptors (Lipinski definition) is 2. The van der Waals surface area contributed by atoms with Crippen molar-refractivity contribution < 1.29 is 9.18 Å². The van der Waals surface area contributed by atoms with Crippen LogP contribution in [0, 0.1) is 24.1 Å². The van der Waals surface area contributed by atoms with Gasteiger partial charge in [0, 0.05) is 18.2 Å². The van der Waals surface area contributed by atoms with E-state index in [-0.39, 0.29) is 18.4 Å². The maximum absolute atomic E-state index is 13.2. The Morgan fingerprint density at radius 1 is 1.50 bits per heavy atom. The summed E-state index contributed by atoms with van der Waals surface area (Å²) < 4.78 is 13.2. The van der Waals surface area contributed by atoms with Gasteiger partial charge in [-0.1, -0.05) is 6.07 Å². The molecule has 96 valence electrons. The normalized spacial score (nSPS) is 10.2. The second-order valence-electron chi connectivity index (χ2n) is 4.46. The third kappa shape index (κ3) is 3.30. The van der Waals surface area contributed by atoms with Crippen LogP contribution < -0.4 is 0 Å². The Labute approximate surface area is 107 Å². The Kier molecular flexibility index (Phi) is 4.85. The van der Waals surface area contributed by atoms with Gasteiger partial charge in [0.1, 0.15) is 5.82 Å². The molecule has 0 spiro atoms. The lowest BCUT2D eigenvalue weighted by atomic mass is 10.1. The number of nitrogens with zero attached hydrogens (tertiary/aromatic N) is 2. The molecular formula is C14H17FN2O. The number of benzene rings is 1. The van der Waals surface area contributed by atoms with Crippen molar-refractivity contribution in [2.24, 2.45) is 0 Å². The van der Waals surface area contributed by atoms with Gasteiger partial charge < -0.3 is 4.90 Å². The fourth-order valence-corrected chi connectivity index (χ4v) is 1.74. The zero-order valence-electron chi connectivity index (χ0n) is 10.9. The number of carbonyl (C=O) groups excluding carboxylic acids is 1. The average Bonchev–Trinajstić information content (AvgIpc) is 2.32. The van der Waals surface area contributed by atoms with Gasteiger partial charge in [-0.3, -0.25) is 4.79 Å². The van der Waals surface area contributed by atoms with Crippen molar-refractivity contribution >= 4 is 5.91 Å². The van der Waals surface area contributed by atoms with E-state index in [2.05, 4.69) is 0 Å². The lowest BCUT2D eigenvalue weighted by Gasteiger charge is -2.26. The van der Waals surface area contributed by atoms with Crippen LogP contribution in [0.25, 0.3) is 0 Å². The highest BCUT2D eigenvalue weighted by atomic mass is 19.1. The zero-order valence-corrected chi connectivity index (χ0v) is 10.9. The molecule has 1 rings (SSSR count). The topological polar surface area (TPSA) is 44.1 Å². The summed E-state index contributed by atoms with van der Waals surface area (Å²) >= 11 is 0. The molecule has 3 nitrogen and oxygen atoms in total. The molecule has 0 aliphatic heterocycles. The predicted octanol–water partition coefficient (Wildman–Crippen LogP) is 2.90. The van der Waals surface area contributed by atoms with Crippen LogP contribution in [0.4, 0.5) is 4.39 Å². The Morgan fingerprint density at radius 3 is 2.72 bits per heavy atom. The van der Waals surface area contributed by atoms with Crippen molar-refractivity contribution in [2.45, 2.75) is 33.2 Å². The molecule has 0 unspecified atom stereocenters. The van der Waals surface area contributed by atoms with Crippen molar-refractivity contribution in [2.75, 3.05) is 6.54 Å².